The van der Waals surface area contributed by atoms with E-state index in [0.717, 1.165) is 0 Å². The standard InChI is InChI=1S/C30H28N2O6S/c1-35-27-17-7-5-15-25(27)29(37-3)31-21-11-9-13-23(19-21)39(33,34)24-14-10-12-22(20-24)32-30(38-4)26-16-6-8-18-28(26)36-2/h5-20H,1-4H3. The van der Waals surface area contributed by atoms with Crippen molar-refractivity contribution < 1.29 is 27.4 Å². The highest BCUT2D eigenvalue weighted by Crippen LogP contribution is 2.29. The van der Waals surface area contributed by atoms with Crippen LogP contribution in [-0.4, -0.2) is 48.7 Å². The van der Waals surface area contributed by atoms with E-state index < -0.39 is 9.84 Å². The van der Waals surface area contributed by atoms with Crippen LogP contribution in [0, 0.1) is 0 Å². The minimum Gasteiger partial charge on any atom is -0.496 e. The lowest BCUT2D eigenvalue weighted by molar-refractivity contribution is 0.390. The summed E-state index contributed by atoms with van der Waals surface area (Å²) in [6.07, 6.45) is 0. The lowest BCUT2D eigenvalue weighted by Crippen LogP contribution is -2.06. The van der Waals surface area contributed by atoms with Gasteiger partial charge in [0.15, 0.2) is 0 Å². The lowest BCUT2D eigenvalue weighted by Gasteiger charge is -2.11. The van der Waals surface area contributed by atoms with Gasteiger partial charge in [0, 0.05) is 0 Å². The van der Waals surface area contributed by atoms with Crippen LogP contribution in [0.25, 0.3) is 0 Å². The van der Waals surface area contributed by atoms with Crippen LogP contribution in [0.5, 0.6) is 11.5 Å². The fraction of sp³-hybridized carbons (Fsp3) is 0.133. The summed E-state index contributed by atoms with van der Waals surface area (Å²) in [6, 6.07) is 27.3. The molecule has 0 aromatic heterocycles. The lowest BCUT2D eigenvalue weighted by atomic mass is 10.2. The average molecular weight is 545 g/mol. The quantitative estimate of drug-likeness (QED) is 0.200. The third-order valence-corrected chi connectivity index (χ3v) is 7.53. The zero-order valence-corrected chi connectivity index (χ0v) is 22.8. The van der Waals surface area contributed by atoms with Crippen molar-refractivity contribution >= 4 is 33.0 Å². The fourth-order valence-corrected chi connectivity index (χ4v) is 5.22. The Morgan fingerprint density at radius 2 is 0.974 bits per heavy atom. The molecule has 0 saturated carbocycles. The molecule has 0 unspecified atom stereocenters. The Balaban J connectivity index is 1.70. The first kappa shape index (κ1) is 27.4. The van der Waals surface area contributed by atoms with Crippen LogP contribution in [0.1, 0.15) is 11.1 Å². The first-order chi connectivity index (χ1) is 18.9. The Morgan fingerprint density at radius 3 is 1.36 bits per heavy atom. The van der Waals surface area contributed by atoms with E-state index in [1.807, 2.05) is 36.4 Å². The van der Waals surface area contributed by atoms with Gasteiger partial charge in [-0.2, -0.15) is 0 Å². The van der Waals surface area contributed by atoms with Crippen LogP contribution in [-0.2, 0) is 19.3 Å². The Labute approximate surface area is 228 Å². The molecule has 0 aliphatic heterocycles. The monoisotopic (exact) mass is 544 g/mol. The summed E-state index contributed by atoms with van der Waals surface area (Å²) in [5, 5.41) is 0. The topological polar surface area (TPSA) is 95.8 Å². The zero-order valence-electron chi connectivity index (χ0n) is 22.0. The smallest absolute Gasteiger partial charge is 0.224 e. The molecule has 4 aromatic carbocycles. The zero-order chi connectivity index (χ0) is 27.8. The predicted molar refractivity (Wildman–Crippen MR) is 151 cm³/mol. The number of sulfone groups is 1. The van der Waals surface area contributed by atoms with E-state index in [-0.39, 0.29) is 9.79 Å². The van der Waals surface area contributed by atoms with Crippen LogP contribution in [0.15, 0.2) is 117 Å². The van der Waals surface area contributed by atoms with Crippen molar-refractivity contribution in [2.24, 2.45) is 9.98 Å². The van der Waals surface area contributed by atoms with Gasteiger partial charge >= 0.3 is 0 Å². The second-order valence-electron chi connectivity index (χ2n) is 8.14. The second kappa shape index (κ2) is 12.3. The van der Waals surface area contributed by atoms with E-state index in [1.165, 1.54) is 38.5 Å². The van der Waals surface area contributed by atoms with E-state index in [9.17, 15) is 8.42 Å². The number of hydrogen-bond acceptors (Lipinski definition) is 8. The molecule has 0 radical (unpaired) electrons. The molecule has 39 heavy (non-hydrogen) atoms. The molecule has 0 spiro atoms. The maximum Gasteiger partial charge on any atom is 0.224 e. The first-order valence-electron chi connectivity index (χ1n) is 11.9. The molecule has 0 atom stereocenters. The minimum atomic E-state index is -3.89. The molecular weight excluding hydrogens is 516 g/mol. The fourth-order valence-electron chi connectivity index (χ4n) is 3.89. The Hall–Kier alpha value is -4.63. The van der Waals surface area contributed by atoms with Gasteiger partial charge in [-0.25, -0.2) is 18.4 Å². The molecule has 0 heterocycles. The molecular formula is C30H28N2O6S. The van der Waals surface area contributed by atoms with Gasteiger partial charge in [-0.15, -0.1) is 0 Å². The van der Waals surface area contributed by atoms with Crippen molar-refractivity contribution in [1.29, 1.82) is 0 Å². The number of methoxy groups -OCH3 is 4. The number of hydrogen-bond donors (Lipinski definition) is 0. The number of ether oxygens (including phenoxy) is 4. The van der Waals surface area contributed by atoms with Crippen LogP contribution in [0.3, 0.4) is 0 Å². The molecule has 0 fully saturated rings. The number of para-hydroxylation sites is 2. The Bertz CT molecular complexity index is 1520. The summed E-state index contributed by atoms with van der Waals surface area (Å²) in [6.45, 7) is 0. The summed E-state index contributed by atoms with van der Waals surface area (Å²) in [5.41, 5.74) is 2.10. The summed E-state index contributed by atoms with van der Waals surface area (Å²) in [7, 11) is 2.22. The van der Waals surface area contributed by atoms with Crippen LogP contribution in [0.2, 0.25) is 0 Å². The molecule has 4 aromatic rings. The van der Waals surface area contributed by atoms with Crippen LogP contribution < -0.4 is 9.47 Å². The molecule has 8 nitrogen and oxygen atoms in total. The molecule has 0 aliphatic rings. The van der Waals surface area contributed by atoms with E-state index in [1.54, 1.807) is 50.6 Å². The second-order valence-corrected chi connectivity index (χ2v) is 10.1. The van der Waals surface area contributed by atoms with Crippen molar-refractivity contribution in [2.45, 2.75) is 9.79 Å². The van der Waals surface area contributed by atoms with Crippen molar-refractivity contribution in [3.8, 4) is 11.5 Å². The van der Waals surface area contributed by atoms with E-state index in [4.69, 9.17) is 18.9 Å². The molecule has 200 valence electrons. The van der Waals surface area contributed by atoms with E-state index in [0.29, 0.717) is 45.8 Å². The van der Waals surface area contributed by atoms with Gasteiger partial charge in [0.25, 0.3) is 0 Å². The number of rotatable bonds is 8. The maximum atomic E-state index is 13.6. The molecule has 0 bridgehead atoms. The highest BCUT2D eigenvalue weighted by atomic mass is 32.2. The molecule has 0 amide bonds. The minimum absolute atomic E-state index is 0.0806. The maximum absolute atomic E-state index is 13.6. The first-order valence-corrected chi connectivity index (χ1v) is 13.4. The largest absolute Gasteiger partial charge is 0.496 e. The SMILES string of the molecule is COC(=Nc1cccc(S(=O)(=O)c2cccc(N=C(OC)c3ccccc3OC)c2)c1)c1ccccc1OC. The van der Waals surface area contributed by atoms with E-state index >= 15 is 0 Å². The van der Waals surface area contributed by atoms with Gasteiger partial charge in [0.1, 0.15) is 11.5 Å². The summed E-state index contributed by atoms with van der Waals surface area (Å²) < 4.78 is 49.0. The van der Waals surface area contributed by atoms with Crippen molar-refractivity contribution in [3.05, 3.63) is 108 Å². The highest BCUT2D eigenvalue weighted by Gasteiger charge is 2.20. The molecule has 4 rings (SSSR count). The molecule has 0 saturated heterocycles. The summed E-state index contributed by atoms with van der Waals surface area (Å²) in [4.78, 5) is 9.24. The number of aliphatic imine (C=N–C) groups is 2. The molecule has 0 aliphatic carbocycles. The summed E-state index contributed by atoms with van der Waals surface area (Å²) >= 11 is 0. The van der Waals surface area contributed by atoms with Gasteiger partial charge in [-0.3, -0.25) is 0 Å². The number of nitrogens with zero attached hydrogens (tertiary/aromatic N) is 2. The summed E-state index contributed by atoms with van der Waals surface area (Å²) in [5.74, 6) is 1.76. The Kier molecular flexibility index (Phi) is 8.63. The normalized spacial score (nSPS) is 12.1. The van der Waals surface area contributed by atoms with Gasteiger partial charge in [-0.1, -0.05) is 36.4 Å². The van der Waals surface area contributed by atoms with Crippen molar-refractivity contribution in [3.63, 3.8) is 0 Å². The van der Waals surface area contributed by atoms with Crippen molar-refractivity contribution in [1.82, 2.24) is 0 Å². The van der Waals surface area contributed by atoms with Gasteiger partial charge in [0.05, 0.1) is 60.7 Å². The average Bonchev–Trinajstić information content (AvgIpc) is 2.99. The molecule has 9 heteroatoms. The third-order valence-electron chi connectivity index (χ3n) is 5.78. The Morgan fingerprint density at radius 1 is 0.564 bits per heavy atom. The van der Waals surface area contributed by atoms with E-state index in [2.05, 4.69) is 9.98 Å². The van der Waals surface area contributed by atoms with Crippen LogP contribution in [0.4, 0.5) is 11.4 Å². The molecule has 0 N–H and O–H groups in total. The van der Waals surface area contributed by atoms with Gasteiger partial charge in [0.2, 0.25) is 21.6 Å². The highest BCUT2D eigenvalue weighted by molar-refractivity contribution is 7.91. The van der Waals surface area contributed by atoms with Gasteiger partial charge in [-0.05, 0) is 60.7 Å². The third kappa shape index (κ3) is 6.10. The van der Waals surface area contributed by atoms with Gasteiger partial charge < -0.3 is 18.9 Å². The van der Waals surface area contributed by atoms with Crippen LogP contribution >= 0.6 is 0 Å². The van der Waals surface area contributed by atoms with Crippen molar-refractivity contribution in [2.75, 3.05) is 28.4 Å². The number of benzene rings is 4. The predicted octanol–water partition coefficient (Wildman–Crippen LogP) is 5.99.